The topological polar surface area (TPSA) is 38.1 Å². The van der Waals surface area contributed by atoms with Crippen molar-refractivity contribution in [2.45, 2.75) is 6.54 Å². The van der Waals surface area contributed by atoms with Crippen molar-refractivity contribution in [3.63, 3.8) is 0 Å². The number of thiophene rings is 1. The summed E-state index contributed by atoms with van der Waals surface area (Å²) < 4.78 is 2.84. The smallest absolute Gasteiger partial charge is 0.246 e. The van der Waals surface area contributed by atoms with Crippen molar-refractivity contribution in [2.75, 3.05) is 7.05 Å². The highest BCUT2D eigenvalue weighted by Gasteiger charge is 2.10. The van der Waals surface area contributed by atoms with Gasteiger partial charge in [0.1, 0.15) is 0 Å². The Morgan fingerprint density at radius 3 is 2.91 bits per heavy atom. The van der Waals surface area contributed by atoms with E-state index >= 15 is 0 Å². The van der Waals surface area contributed by atoms with Crippen LogP contribution in [0.3, 0.4) is 0 Å². The molecular weight excluding hydrogens is 330 g/mol. The Labute approximate surface area is 143 Å². The maximum Gasteiger partial charge on any atom is 0.246 e. The number of hydrogen-bond donors (Lipinski definition) is 0. The summed E-state index contributed by atoms with van der Waals surface area (Å²) in [5.41, 5.74) is 0.997. The van der Waals surface area contributed by atoms with Crippen LogP contribution in [0.5, 0.6) is 0 Å². The van der Waals surface area contributed by atoms with Crippen LogP contribution in [0.4, 0.5) is 0 Å². The third kappa shape index (κ3) is 3.46. The Balaban J connectivity index is 1.73. The van der Waals surface area contributed by atoms with Gasteiger partial charge >= 0.3 is 0 Å². The molecule has 0 radical (unpaired) electrons. The largest absolute Gasteiger partial charge is 0.338 e. The Bertz CT molecular complexity index is 881. The molecular formula is C17H16ClN3OS. The van der Waals surface area contributed by atoms with Gasteiger partial charge in [0.25, 0.3) is 0 Å². The number of aromatic nitrogens is 2. The molecule has 0 aliphatic rings. The van der Waals surface area contributed by atoms with Gasteiger partial charge in [0.15, 0.2) is 0 Å². The Morgan fingerprint density at radius 1 is 1.43 bits per heavy atom. The molecule has 2 heterocycles. The summed E-state index contributed by atoms with van der Waals surface area (Å²) in [6.07, 6.45) is 7.01. The Hall–Kier alpha value is -2.11. The van der Waals surface area contributed by atoms with Crippen LogP contribution < -0.4 is 0 Å². The fourth-order valence-electron chi connectivity index (χ4n) is 2.32. The molecule has 6 heteroatoms. The molecule has 0 aliphatic carbocycles. The lowest BCUT2D eigenvalue weighted by molar-refractivity contribution is -0.125. The Kier molecular flexibility index (Phi) is 4.50. The fourth-order valence-corrected chi connectivity index (χ4v) is 3.72. The van der Waals surface area contributed by atoms with Gasteiger partial charge in [-0.1, -0.05) is 29.8 Å². The standard InChI is InChI=1S/C17H16ClN3OS/c1-20(10-12-9-19-21(2)11-12)16(22)8-7-15-17(18)13-5-3-4-6-14(13)23-15/h3-9,11H,10H2,1-2H3/b8-7+. The molecule has 1 amide bonds. The molecule has 4 nitrogen and oxygen atoms in total. The summed E-state index contributed by atoms with van der Waals surface area (Å²) in [6.45, 7) is 0.525. The average molecular weight is 346 g/mol. The van der Waals surface area contributed by atoms with Crippen LogP contribution in [-0.2, 0) is 18.4 Å². The molecule has 3 rings (SSSR count). The lowest BCUT2D eigenvalue weighted by atomic mass is 10.2. The number of fused-ring (bicyclic) bond motifs is 1. The van der Waals surface area contributed by atoms with Crippen molar-refractivity contribution >= 4 is 45.0 Å². The molecule has 118 valence electrons. The second-order valence-corrected chi connectivity index (χ2v) is 6.79. The monoisotopic (exact) mass is 345 g/mol. The predicted octanol–water partition coefficient (Wildman–Crippen LogP) is 3.96. The van der Waals surface area contributed by atoms with Gasteiger partial charge in [-0.3, -0.25) is 9.48 Å². The van der Waals surface area contributed by atoms with E-state index in [-0.39, 0.29) is 5.91 Å². The summed E-state index contributed by atoms with van der Waals surface area (Å²) in [6, 6.07) is 7.96. The van der Waals surface area contributed by atoms with E-state index in [1.54, 1.807) is 46.3 Å². The molecule has 0 saturated carbocycles. The van der Waals surface area contributed by atoms with Crippen molar-refractivity contribution in [3.05, 3.63) is 58.2 Å². The first-order chi connectivity index (χ1) is 11.0. The molecule has 0 spiro atoms. The van der Waals surface area contributed by atoms with Gasteiger partial charge in [-0.25, -0.2) is 0 Å². The first kappa shape index (κ1) is 15.8. The zero-order valence-corrected chi connectivity index (χ0v) is 14.4. The van der Waals surface area contributed by atoms with Crippen LogP contribution in [0, 0.1) is 0 Å². The van der Waals surface area contributed by atoms with E-state index in [9.17, 15) is 4.79 Å². The van der Waals surface area contributed by atoms with Gasteiger partial charge in [0.05, 0.1) is 11.2 Å². The number of hydrogen-bond acceptors (Lipinski definition) is 3. The lowest BCUT2D eigenvalue weighted by Gasteiger charge is -2.13. The highest BCUT2D eigenvalue weighted by molar-refractivity contribution is 7.20. The number of benzene rings is 1. The highest BCUT2D eigenvalue weighted by atomic mass is 35.5. The molecule has 0 atom stereocenters. The fraction of sp³-hybridized carbons (Fsp3) is 0.176. The minimum Gasteiger partial charge on any atom is -0.338 e. The average Bonchev–Trinajstić information content (AvgIpc) is 3.09. The lowest BCUT2D eigenvalue weighted by Crippen LogP contribution is -2.23. The van der Waals surface area contributed by atoms with E-state index in [1.165, 1.54) is 0 Å². The van der Waals surface area contributed by atoms with Crippen LogP contribution in [-0.4, -0.2) is 27.6 Å². The molecule has 2 aromatic heterocycles. The quantitative estimate of drug-likeness (QED) is 0.671. The second-order valence-electron chi connectivity index (χ2n) is 5.33. The third-order valence-corrected chi connectivity index (χ3v) is 5.15. The molecule has 0 saturated heterocycles. The summed E-state index contributed by atoms with van der Waals surface area (Å²) in [5, 5.41) is 5.83. The highest BCUT2D eigenvalue weighted by Crippen LogP contribution is 2.35. The van der Waals surface area contributed by atoms with E-state index < -0.39 is 0 Å². The molecule has 0 aliphatic heterocycles. The molecule has 3 aromatic rings. The van der Waals surface area contributed by atoms with Gasteiger partial charge in [0, 0.05) is 53.4 Å². The zero-order chi connectivity index (χ0) is 16.4. The number of amides is 1. The van der Waals surface area contributed by atoms with Crippen molar-refractivity contribution < 1.29 is 4.79 Å². The van der Waals surface area contributed by atoms with E-state index in [1.807, 2.05) is 37.5 Å². The van der Waals surface area contributed by atoms with Crippen molar-refractivity contribution in [2.24, 2.45) is 7.05 Å². The van der Waals surface area contributed by atoms with Gasteiger partial charge < -0.3 is 4.90 Å². The van der Waals surface area contributed by atoms with Gasteiger partial charge in [-0.05, 0) is 12.1 Å². The summed E-state index contributed by atoms with van der Waals surface area (Å²) in [5.74, 6) is -0.0672. The second kappa shape index (κ2) is 6.56. The number of rotatable bonds is 4. The zero-order valence-electron chi connectivity index (χ0n) is 12.9. The minimum absolute atomic E-state index is 0.0672. The number of nitrogens with zero attached hydrogens (tertiary/aromatic N) is 3. The van der Waals surface area contributed by atoms with Crippen LogP contribution >= 0.6 is 22.9 Å². The van der Waals surface area contributed by atoms with E-state index in [0.29, 0.717) is 11.6 Å². The predicted molar refractivity (Wildman–Crippen MR) is 95.6 cm³/mol. The number of carbonyl (C=O) groups excluding carboxylic acids is 1. The molecule has 1 aromatic carbocycles. The van der Waals surface area contributed by atoms with Crippen LogP contribution in [0.15, 0.2) is 42.7 Å². The summed E-state index contributed by atoms with van der Waals surface area (Å²) >= 11 is 7.96. The number of halogens is 1. The van der Waals surface area contributed by atoms with Gasteiger partial charge in [-0.15, -0.1) is 11.3 Å². The number of likely N-dealkylation sites (N-methyl/N-ethyl adjacent to an activating group) is 1. The van der Waals surface area contributed by atoms with Crippen LogP contribution in [0.2, 0.25) is 5.02 Å². The van der Waals surface area contributed by atoms with Crippen LogP contribution in [0.25, 0.3) is 16.2 Å². The van der Waals surface area contributed by atoms with Crippen molar-refractivity contribution in [1.29, 1.82) is 0 Å². The molecule has 23 heavy (non-hydrogen) atoms. The van der Waals surface area contributed by atoms with Crippen LogP contribution in [0.1, 0.15) is 10.4 Å². The van der Waals surface area contributed by atoms with E-state index in [4.69, 9.17) is 11.6 Å². The SMILES string of the molecule is CN(Cc1cnn(C)c1)C(=O)/C=C/c1sc2ccccc2c1Cl. The normalized spacial score (nSPS) is 11.4. The van der Waals surface area contributed by atoms with Crippen molar-refractivity contribution in [3.8, 4) is 0 Å². The van der Waals surface area contributed by atoms with E-state index in [2.05, 4.69) is 5.10 Å². The van der Waals surface area contributed by atoms with Crippen molar-refractivity contribution in [1.82, 2.24) is 14.7 Å². The first-order valence-corrected chi connectivity index (χ1v) is 8.32. The molecule has 0 fully saturated rings. The summed E-state index contributed by atoms with van der Waals surface area (Å²) in [4.78, 5) is 14.8. The third-order valence-electron chi connectivity index (χ3n) is 3.49. The molecule has 0 bridgehead atoms. The van der Waals surface area contributed by atoms with Gasteiger partial charge in [0.2, 0.25) is 5.91 Å². The molecule has 0 unspecified atom stereocenters. The summed E-state index contributed by atoms with van der Waals surface area (Å²) in [7, 11) is 3.63. The Morgan fingerprint density at radius 2 is 2.22 bits per heavy atom. The van der Waals surface area contributed by atoms with Gasteiger partial charge in [-0.2, -0.15) is 5.10 Å². The maximum atomic E-state index is 12.2. The number of aryl methyl sites for hydroxylation is 1. The first-order valence-electron chi connectivity index (χ1n) is 7.12. The minimum atomic E-state index is -0.0672. The number of carbonyl (C=O) groups is 1. The van der Waals surface area contributed by atoms with E-state index in [0.717, 1.165) is 20.5 Å². The maximum absolute atomic E-state index is 12.2. The molecule has 0 N–H and O–H groups in total.